The Kier molecular flexibility index (Phi) is 5.82. The van der Waals surface area contributed by atoms with E-state index in [0.29, 0.717) is 29.7 Å². The van der Waals surface area contributed by atoms with E-state index < -0.39 is 29.7 Å². The van der Waals surface area contributed by atoms with Gasteiger partial charge in [0.1, 0.15) is 10.6 Å². The molecule has 0 aliphatic carbocycles. The smallest absolute Gasteiger partial charge is 0.421 e. The van der Waals surface area contributed by atoms with Crippen LogP contribution in [0.3, 0.4) is 0 Å². The van der Waals surface area contributed by atoms with Gasteiger partial charge in [-0.05, 0) is 24.6 Å². The van der Waals surface area contributed by atoms with Crippen molar-refractivity contribution in [2.24, 2.45) is 0 Å². The van der Waals surface area contributed by atoms with Crippen LogP contribution >= 0.6 is 11.3 Å². The topological polar surface area (TPSA) is 131 Å². The number of anilines is 1. The molecule has 3 saturated heterocycles. The maximum Gasteiger partial charge on any atom is 0.421 e. The maximum atomic E-state index is 13.9. The third kappa shape index (κ3) is 4.27. The molecule has 15 heteroatoms. The number of esters is 1. The van der Waals surface area contributed by atoms with Gasteiger partial charge < -0.3 is 23.9 Å². The van der Waals surface area contributed by atoms with Gasteiger partial charge in [0.25, 0.3) is 6.01 Å². The van der Waals surface area contributed by atoms with Gasteiger partial charge in [-0.15, -0.1) is 11.3 Å². The lowest BCUT2D eigenvalue weighted by Crippen LogP contribution is -2.70. The number of aromatic nitrogens is 3. The van der Waals surface area contributed by atoms with Crippen molar-refractivity contribution in [1.82, 2.24) is 19.9 Å². The van der Waals surface area contributed by atoms with E-state index in [4.69, 9.17) is 9.15 Å². The predicted molar refractivity (Wildman–Crippen MR) is 130 cm³/mol. The number of carboxylic acid groups (broad SMARTS) is 1. The second-order valence-electron chi connectivity index (χ2n) is 8.93. The highest BCUT2D eigenvalue weighted by Crippen LogP contribution is 2.43. The number of nitrogens with zero attached hydrogens (tertiary/aromatic N) is 5. The monoisotopic (exact) mass is 561 g/mol. The number of amides is 1. The average Bonchev–Trinajstić information content (AvgIpc) is 3.59. The summed E-state index contributed by atoms with van der Waals surface area (Å²) in [6.45, 7) is 0.709. The lowest BCUT2D eigenvalue weighted by atomic mass is 9.88. The van der Waals surface area contributed by atoms with Gasteiger partial charge in [-0.2, -0.15) is 18.2 Å². The maximum absolute atomic E-state index is 13.9. The molecule has 3 aliphatic rings. The summed E-state index contributed by atoms with van der Waals surface area (Å²) < 4.78 is 57.9. The van der Waals surface area contributed by atoms with Gasteiger partial charge in [0.2, 0.25) is 5.88 Å². The van der Waals surface area contributed by atoms with Gasteiger partial charge in [-0.3, -0.25) is 4.90 Å². The Hall–Kier alpha value is -4.40. The van der Waals surface area contributed by atoms with E-state index in [1.54, 1.807) is 22.5 Å². The second kappa shape index (κ2) is 9.11. The fraction of sp³-hybridized carbons (Fsp3) is 0.292. The molecular weight excluding hydrogens is 543 g/mol. The Morgan fingerprint density at radius 2 is 1.97 bits per heavy atom. The molecule has 1 amide bonds. The van der Waals surface area contributed by atoms with E-state index in [1.807, 2.05) is 0 Å². The highest BCUT2D eigenvalue weighted by Gasteiger charge is 2.48. The first-order valence-corrected chi connectivity index (χ1v) is 12.4. The number of carbonyl (C=O) groups excluding carboxylic acids is 1. The molecule has 0 saturated carbocycles. The third-order valence-corrected chi connectivity index (χ3v) is 7.43. The van der Waals surface area contributed by atoms with Crippen LogP contribution in [0.25, 0.3) is 21.7 Å². The summed E-state index contributed by atoms with van der Waals surface area (Å²) in [6.07, 6.45) is -2.60. The first-order valence-electron chi connectivity index (χ1n) is 11.6. The van der Waals surface area contributed by atoms with Crippen molar-refractivity contribution in [1.29, 1.82) is 0 Å². The van der Waals surface area contributed by atoms with Crippen LogP contribution < -0.4 is 9.64 Å². The van der Waals surface area contributed by atoms with Crippen LogP contribution in [-0.2, 0) is 10.9 Å². The predicted octanol–water partition coefficient (Wildman–Crippen LogP) is 4.88. The molecule has 4 aromatic rings. The van der Waals surface area contributed by atoms with Crippen molar-refractivity contribution in [3.05, 3.63) is 47.1 Å². The summed E-state index contributed by atoms with van der Waals surface area (Å²) >= 11 is 1.34. The number of halogens is 3. The molecule has 3 fully saturated rings. The number of ether oxygens (including phenoxy) is 2. The van der Waals surface area contributed by atoms with E-state index in [-0.39, 0.29) is 40.5 Å². The Labute approximate surface area is 221 Å². The number of piperidine rings is 1. The summed E-state index contributed by atoms with van der Waals surface area (Å²) in [6, 6.07) is 3.42. The van der Waals surface area contributed by atoms with Crippen LogP contribution in [0.15, 0.2) is 40.4 Å². The van der Waals surface area contributed by atoms with Crippen molar-refractivity contribution < 1.29 is 41.8 Å². The molecule has 1 N–H and O–H groups in total. The van der Waals surface area contributed by atoms with Crippen molar-refractivity contribution in [2.75, 3.05) is 25.1 Å². The third-order valence-electron chi connectivity index (χ3n) is 6.63. The molecule has 0 radical (unpaired) electrons. The number of oxazole rings is 1. The van der Waals surface area contributed by atoms with Crippen LogP contribution in [0.1, 0.15) is 22.3 Å². The van der Waals surface area contributed by atoms with Gasteiger partial charge in [0.05, 0.1) is 30.3 Å². The SMILES string of the molecule is COC(=O)c1cnc(Oc2ccc(-c3nccs3)c3oc(N4CC5CC(C4)N5C(=O)O)nc23)c(C(F)(F)F)c1. The number of alkyl halides is 3. The number of benzene rings is 1. The van der Waals surface area contributed by atoms with E-state index in [0.717, 1.165) is 19.7 Å². The number of hydrogen-bond donors (Lipinski definition) is 1. The number of piperazine rings is 1. The van der Waals surface area contributed by atoms with Gasteiger partial charge in [-0.25, -0.2) is 19.6 Å². The highest BCUT2D eigenvalue weighted by molar-refractivity contribution is 7.13. The lowest BCUT2D eigenvalue weighted by molar-refractivity contribution is -0.138. The minimum atomic E-state index is -4.88. The number of carbonyl (C=O) groups is 2. The second-order valence-corrected chi connectivity index (χ2v) is 9.82. The number of hydrogen-bond acceptors (Lipinski definition) is 10. The quantitative estimate of drug-likeness (QED) is 0.336. The Morgan fingerprint density at radius 3 is 2.62 bits per heavy atom. The Bertz CT molecular complexity index is 1580. The number of pyridine rings is 1. The summed E-state index contributed by atoms with van der Waals surface area (Å²) in [7, 11) is 1.05. The van der Waals surface area contributed by atoms with Gasteiger partial charge in [-0.1, -0.05) is 0 Å². The fourth-order valence-corrected chi connectivity index (χ4v) is 5.52. The summed E-state index contributed by atoms with van der Waals surface area (Å²) in [5.74, 6) is -1.81. The molecular formula is C24H18F3N5O6S. The minimum Gasteiger partial charge on any atom is -0.465 e. The summed E-state index contributed by atoms with van der Waals surface area (Å²) in [4.78, 5) is 39.1. The van der Waals surface area contributed by atoms with Gasteiger partial charge >= 0.3 is 18.2 Å². The zero-order valence-electron chi connectivity index (χ0n) is 20.0. The van der Waals surface area contributed by atoms with Crippen molar-refractivity contribution in [3.8, 4) is 22.2 Å². The number of rotatable bonds is 5. The summed E-state index contributed by atoms with van der Waals surface area (Å²) in [5.41, 5.74) is -0.712. The van der Waals surface area contributed by atoms with Crippen molar-refractivity contribution >= 4 is 40.5 Å². The standard InChI is InChI=1S/C24H18F3N5O6S/c1-36-21(33)11-6-15(24(25,26)27)19(29-8-11)37-16-3-2-14(20-28-4-5-39-20)18-17(16)30-22(38-18)31-9-12-7-13(10-31)32(12)23(34)35/h2-6,8,12-13H,7,9-10H2,1H3,(H,34,35). The zero-order chi connectivity index (χ0) is 27.5. The molecule has 3 aromatic heterocycles. The average molecular weight is 561 g/mol. The molecule has 0 spiro atoms. The number of methoxy groups -OCH3 is 1. The lowest BCUT2D eigenvalue weighted by Gasteiger charge is -2.54. The first kappa shape index (κ1) is 24.9. The van der Waals surface area contributed by atoms with Gasteiger partial charge in [0, 0.05) is 30.9 Å². The molecule has 39 heavy (non-hydrogen) atoms. The normalized spacial score (nSPS) is 18.7. The fourth-order valence-electron chi connectivity index (χ4n) is 4.86. The molecule has 202 valence electrons. The van der Waals surface area contributed by atoms with Crippen LogP contribution in [0, 0.1) is 0 Å². The molecule has 2 unspecified atom stereocenters. The number of thiazole rings is 1. The minimum absolute atomic E-state index is 0.0570. The van der Waals surface area contributed by atoms with E-state index in [1.165, 1.54) is 22.3 Å². The molecule has 6 heterocycles. The Morgan fingerprint density at radius 1 is 1.21 bits per heavy atom. The van der Waals surface area contributed by atoms with Crippen LogP contribution in [0.4, 0.5) is 24.0 Å². The summed E-state index contributed by atoms with van der Waals surface area (Å²) in [5, 5.41) is 11.8. The van der Waals surface area contributed by atoms with Gasteiger partial charge in [0.15, 0.2) is 16.8 Å². The van der Waals surface area contributed by atoms with E-state index >= 15 is 0 Å². The van der Waals surface area contributed by atoms with Crippen molar-refractivity contribution in [3.63, 3.8) is 0 Å². The van der Waals surface area contributed by atoms with E-state index in [9.17, 15) is 27.9 Å². The largest absolute Gasteiger partial charge is 0.465 e. The molecule has 2 bridgehead atoms. The number of fused-ring (bicyclic) bond motifs is 3. The zero-order valence-corrected chi connectivity index (χ0v) is 20.8. The molecule has 11 nitrogen and oxygen atoms in total. The highest BCUT2D eigenvalue weighted by atomic mass is 32.1. The van der Waals surface area contributed by atoms with Crippen LogP contribution in [0.5, 0.6) is 11.6 Å². The Balaban J connectivity index is 1.41. The molecule has 2 atom stereocenters. The first-order chi connectivity index (χ1) is 18.6. The van der Waals surface area contributed by atoms with E-state index in [2.05, 4.69) is 19.7 Å². The van der Waals surface area contributed by atoms with Crippen LogP contribution in [-0.4, -0.2) is 69.3 Å². The molecule has 1 aromatic carbocycles. The van der Waals surface area contributed by atoms with Crippen molar-refractivity contribution in [2.45, 2.75) is 24.7 Å². The molecule has 7 rings (SSSR count). The molecule has 3 aliphatic heterocycles. The van der Waals surface area contributed by atoms with Crippen LogP contribution in [0.2, 0.25) is 0 Å².